The first-order valence-corrected chi connectivity index (χ1v) is 8.21. The maximum Gasteiger partial charge on any atom is 0.101 e. The van der Waals surface area contributed by atoms with Crippen molar-refractivity contribution in [3.8, 4) is 0 Å². The fourth-order valence-corrected chi connectivity index (χ4v) is 2.77. The van der Waals surface area contributed by atoms with Crippen molar-refractivity contribution < 1.29 is 0 Å². The lowest BCUT2D eigenvalue weighted by Gasteiger charge is -2.12. The van der Waals surface area contributed by atoms with Gasteiger partial charge in [-0.3, -0.25) is 0 Å². The minimum absolute atomic E-state index is 0.890. The van der Waals surface area contributed by atoms with E-state index in [0.717, 1.165) is 30.2 Å². The number of aromatic nitrogens is 1. The molecule has 0 unspecified atom stereocenters. The number of fused-ring (bicyclic) bond motifs is 1. The van der Waals surface area contributed by atoms with Crippen LogP contribution in [0.25, 0.3) is 10.9 Å². The van der Waals surface area contributed by atoms with Crippen LogP contribution in [0.2, 0.25) is 0 Å². The van der Waals surface area contributed by atoms with Gasteiger partial charge in [0, 0.05) is 11.9 Å². The van der Waals surface area contributed by atoms with Gasteiger partial charge in [0.15, 0.2) is 0 Å². The average Bonchev–Trinajstić information content (AvgIpc) is 2.45. The van der Waals surface area contributed by atoms with Gasteiger partial charge in [-0.2, -0.15) is 0 Å². The number of nitrogens with one attached hydrogen (secondary N) is 1. The van der Waals surface area contributed by atoms with Gasteiger partial charge in [-0.15, -0.1) is 11.8 Å². The molecule has 2 aromatic rings. The summed E-state index contributed by atoms with van der Waals surface area (Å²) in [6.07, 6.45) is 3.26. The van der Waals surface area contributed by atoms with Crippen molar-refractivity contribution in [3.63, 3.8) is 0 Å². The minimum atomic E-state index is 0.890. The van der Waals surface area contributed by atoms with E-state index in [2.05, 4.69) is 54.8 Å². The molecule has 0 fully saturated rings. The van der Waals surface area contributed by atoms with Gasteiger partial charge in [-0.05, 0) is 57.6 Å². The summed E-state index contributed by atoms with van der Waals surface area (Å²) in [5.41, 5.74) is 2.37. The van der Waals surface area contributed by atoms with Crippen molar-refractivity contribution in [1.29, 1.82) is 0 Å². The van der Waals surface area contributed by atoms with Crippen molar-refractivity contribution in [1.82, 2.24) is 15.2 Å². The highest BCUT2D eigenvalue weighted by atomic mass is 32.2. The smallest absolute Gasteiger partial charge is 0.101 e. The molecule has 0 saturated heterocycles. The topological polar surface area (TPSA) is 28.2 Å². The van der Waals surface area contributed by atoms with Gasteiger partial charge in [0.2, 0.25) is 0 Å². The van der Waals surface area contributed by atoms with Crippen molar-refractivity contribution in [2.75, 3.05) is 33.4 Å². The van der Waals surface area contributed by atoms with Crippen LogP contribution in [0.15, 0.2) is 35.4 Å². The zero-order valence-electron chi connectivity index (χ0n) is 12.5. The highest BCUT2D eigenvalue weighted by Crippen LogP contribution is 2.23. The molecular formula is C16H23N3S. The number of benzene rings is 1. The number of pyridine rings is 1. The van der Waals surface area contributed by atoms with Gasteiger partial charge in [-0.1, -0.05) is 18.2 Å². The van der Waals surface area contributed by atoms with E-state index in [1.165, 1.54) is 17.4 Å². The van der Waals surface area contributed by atoms with Crippen LogP contribution in [0.5, 0.6) is 0 Å². The molecule has 1 N–H and O–H groups in total. The summed E-state index contributed by atoms with van der Waals surface area (Å²) in [7, 11) is 4.22. The molecular weight excluding hydrogens is 266 g/mol. The number of hydrogen-bond donors (Lipinski definition) is 1. The van der Waals surface area contributed by atoms with Gasteiger partial charge in [0.05, 0.1) is 5.52 Å². The molecule has 2 rings (SSSR count). The highest BCUT2D eigenvalue weighted by molar-refractivity contribution is 7.98. The molecule has 0 radical (unpaired) electrons. The van der Waals surface area contributed by atoms with Crippen molar-refractivity contribution in [2.45, 2.75) is 18.0 Å². The largest absolute Gasteiger partial charge is 0.313 e. The van der Waals surface area contributed by atoms with E-state index >= 15 is 0 Å². The Kier molecular flexibility index (Phi) is 5.83. The second-order valence-electron chi connectivity index (χ2n) is 5.18. The Bertz CT molecular complexity index is 554. The lowest BCUT2D eigenvalue weighted by atomic mass is 10.1. The molecule has 0 aliphatic carbocycles. The number of nitrogens with zero attached hydrogens (tertiary/aromatic N) is 2. The summed E-state index contributed by atoms with van der Waals surface area (Å²) >= 11 is 1.72. The molecule has 0 bridgehead atoms. The summed E-state index contributed by atoms with van der Waals surface area (Å²) in [6, 6.07) is 10.6. The van der Waals surface area contributed by atoms with E-state index in [-0.39, 0.29) is 0 Å². The van der Waals surface area contributed by atoms with Crippen LogP contribution in [-0.4, -0.2) is 43.3 Å². The van der Waals surface area contributed by atoms with E-state index in [0.29, 0.717) is 0 Å². The lowest BCUT2D eigenvalue weighted by Crippen LogP contribution is -2.21. The molecule has 0 aliphatic heterocycles. The number of hydrogen-bond acceptors (Lipinski definition) is 4. The molecule has 1 aromatic carbocycles. The van der Waals surface area contributed by atoms with Gasteiger partial charge >= 0.3 is 0 Å². The van der Waals surface area contributed by atoms with Crippen molar-refractivity contribution in [3.05, 3.63) is 35.9 Å². The Labute approximate surface area is 125 Å². The van der Waals surface area contributed by atoms with Crippen LogP contribution >= 0.6 is 11.8 Å². The molecule has 108 valence electrons. The Morgan fingerprint density at radius 2 is 2.05 bits per heavy atom. The third kappa shape index (κ3) is 4.20. The summed E-state index contributed by atoms with van der Waals surface area (Å²) in [6.45, 7) is 3.05. The fourth-order valence-electron chi connectivity index (χ4n) is 2.19. The molecule has 4 heteroatoms. The molecule has 1 heterocycles. The first kappa shape index (κ1) is 15.3. The second-order valence-corrected chi connectivity index (χ2v) is 5.98. The number of para-hydroxylation sites is 1. The summed E-state index contributed by atoms with van der Waals surface area (Å²) in [4.78, 5) is 6.95. The molecule has 0 spiro atoms. The quantitative estimate of drug-likeness (QED) is 0.626. The van der Waals surface area contributed by atoms with Gasteiger partial charge < -0.3 is 10.2 Å². The van der Waals surface area contributed by atoms with E-state index < -0.39 is 0 Å². The summed E-state index contributed by atoms with van der Waals surface area (Å²) < 4.78 is 0. The first-order chi connectivity index (χ1) is 9.70. The van der Waals surface area contributed by atoms with Crippen LogP contribution in [0, 0.1) is 0 Å². The van der Waals surface area contributed by atoms with Crippen molar-refractivity contribution >= 4 is 22.7 Å². The normalized spacial score (nSPS) is 11.4. The predicted octanol–water partition coefficient (Wildman–Crippen LogP) is 3.00. The SMILES string of the molecule is CSc1nc2ccccc2cc1CNCCCN(C)C. The first-order valence-electron chi connectivity index (χ1n) is 6.99. The molecule has 20 heavy (non-hydrogen) atoms. The number of thioether (sulfide) groups is 1. The van der Waals surface area contributed by atoms with Crippen LogP contribution in [-0.2, 0) is 6.54 Å². The maximum absolute atomic E-state index is 4.74. The molecule has 0 atom stereocenters. The Morgan fingerprint density at radius 1 is 1.25 bits per heavy atom. The fraction of sp³-hybridized carbons (Fsp3) is 0.438. The lowest BCUT2D eigenvalue weighted by molar-refractivity contribution is 0.394. The summed E-state index contributed by atoms with van der Waals surface area (Å²) in [5.74, 6) is 0. The Hall–Kier alpha value is -1.10. The molecule has 0 saturated carbocycles. The average molecular weight is 289 g/mol. The van der Waals surface area contributed by atoms with E-state index in [4.69, 9.17) is 4.98 Å². The minimum Gasteiger partial charge on any atom is -0.313 e. The van der Waals surface area contributed by atoms with E-state index in [1.54, 1.807) is 11.8 Å². The highest BCUT2D eigenvalue weighted by Gasteiger charge is 2.05. The molecule has 1 aromatic heterocycles. The zero-order valence-corrected chi connectivity index (χ0v) is 13.3. The third-order valence-corrected chi connectivity index (χ3v) is 3.97. The van der Waals surface area contributed by atoms with Crippen molar-refractivity contribution in [2.24, 2.45) is 0 Å². The summed E-state index contributed by atoms with van der Waals surface area (Å²) in [5, 5.41) is 5.86. The van der Waals surface area contributed by atoms with Gasteiger partial charge in [0.1, 0.15) is 5.03 Å². The Balaban J connectivity index is 2.01. The Morgan fingerprint density at radius 3 is 2.80 bits per heavy atom. The van der Waals surface area contributed by atoms with Crippen LogP contribution < -0.4 is 5.32 Å². The molecule has 3 nitrogen and oxygen atoms in total. The number of rotatable bonds is 7. The van der Waals surface area contributed by atoms with Gasteiger partial charge in [0.25, 0.3) is 0 Å². The van der Waals surface area contributed by atoms with Gasteiger partial charge in [-0.25, -0.2) is 4.98 Å². The molecule has 0 aliphatic rings. The maximum atomic E-state index is 4.74. The van der Waals surface area contributed by atoms with Crippen LogP contribution in [0.1, 0.15) is 12.0 Å². The third-order valence-electron chi connectivity index (χ3n) is 3.23. The second kappa shape index (κ2) is 7.62. The predicted molar refractivity (Wildman–Crippen MR) is 88.4 cm³/mol. The zero-order chi connectivity index (χ0) is 14.4. The van der Waals surface area contributed by atoms with E-state index in [1.807, 2.05) is 6.07 Å². The van der Waals surface area contributed by atoms with Crippen LogP contribution in [0.4, 0.5) is 0 Å². The monoisotopic (exact) mass is 289 g/mol. The standard InChI is InChI=1S/C16H23N3S/c1-19(2)10-6-9-17-12-14-11-13-7-4-5-8-15(13)18-16(14)20-3/h4-5,7-8,11,17H,6,9-10,12H2,1-3H3. The van der Waals surface area contributed by atoms with Crippen LogP contribution in [0.3, 0.4) is 0 Å². The molecule has 0 amide bonds. The van der Waals surface area contributed by atoms with E-state index in [9.17, 15) is 0 Å².